The molecule has 0 fully saturated rings. The molecule has 1 heterocycles. The number of benzene rings is 2. The van der Waals surface area contributed by atoms with Gasteiger partial charge >= 0.3 is 0 Å². The lowest BCUT2D eigenvalue weighted by atomic mass is 9.99. The second kappa shape index (κ2) is 17.0. The highest BCUT2D eigenvalue weighted by Crippen LogP contribution is 2.27. The average Bonchev–Trinajstić information content (AvgIpc) is 2.99. The van der Waals surface area contributed by atoms with Crippen molar-refractivity contribution in [2.45, 2.75) is 91.8 Å². The molecule has 10 heteroatoms. The van der Waals surface area contributed by atoms with Gasteiger partial charge in [-0.05, 0) is 66.8 Å². The molecule has 3 N–H and O–H groups in total. The molecule has 0 saturated heterocycles. The standard InChI is InChI=1S/C36H52N4O6/c1-22(2)17-26-21-46-31-12-10-9-11-28(31)34(42)39-29(20-33(41)38-30(18-23(3)4)36(44)40(26)8)35(43)37-15-16-45-32-19-25(7)13-14-27(32)24(5)6/h9-14,19,22-24,26,29-30H,15-18,20-21H2,1-8H3,(H,37,43)(H,38,41)(H,39,42)/t26-,29-,30-/m0/s1. The van der Waals surface area contributed by atoms with Gasteiger partial charge in [0, 0.05) is 7.05 Å². The van der Waals surface area contributed by atoms with Crippen LogP contribution in [0, 0.1) is 18.8 Å². The van der Waals surface area contributed by atoms with Crippen LogP contribution < -0.4 is 25.4 Å². The summed E-state index contributed by atoms with van der Waals surface area (Å²) < 4.78 is 12.2. The Morgan fingerprint density at radius 2 is 1.70 bits per heavy atom. The number of nitrogens with one attached hydrogen (secondary N) is 3. The van der Waals surface area contributed by atoms with Gasteiger partial charge in [0.2, 0.25) is 17.7 Å². The molecule has 0 unspecified atom stereocenters. The van der Waals surface area contributed by atoms with Gasteiger partial charge < -0.3 is 30.3 Å². The molecule has 1 aliphatic rings. The quantitative estimate of drug-likeness (QED) is 0.328. The molecule has 3 rings (SSSR count). The third-order valence-corrected chi connectivity index (χ3v) is 8.00. The fourth-order valence-electron chi connectivity index (χ4n) is 5.55. The molecule has 0 bridgehead atoms. The van der Waals surface area contributed by atoms with Crippen LogP contribution >= 0.6 is 0 Å². The minimum Gasteiger partial charge on any atom is -0.491 e. The molecule has 0 saturated carbocycles. The molecule has 3 atom stereocenters. The summed E-state index contributed by atoms with van der Waals surface area (Å²) in [6, 6.07) is 10.5. The van der Waals surface area contributed by atoms with Crippen molar-refractivity contribution in [1.82, 2.24) is 20.9 Å². The van der Waals surface area contributed by atoms with Gasteiger partial charge in [0.15, 0.2) is 0 Å². The smallest absolute Gasteiger partial charge is 0.255 e. The number of nitrogens with zero attached hydrogens (tertiary/aromatic N) is 1. The number of ether oxygens (including phenoxy) is 2. The molecule has 0 aliphatic carbocycles. The van der Waals surface area contributed by atoms with Crippen molar-refractivity contribution in [1.29, 1.82) is 0 Å². The molecule has 2 aromatic carbocycles. The van der Waals surface area contributed by atoms with Crippen LogP contribution in [-0.4, -0.2) is 73.5 Å². The fraction of sp³-hybridized carbons (Fsp3) is 0.556. The number of carbonyl (C=O) groups is 4. The van der Waals surface area contributed by atoms with E-state index in [1.54, 1.807) is 36.2 Å². The molecule has 10 nitrogen and oxygen atoms in total. The Kier molecular flexibility index (Phi) is 13.5. The maximum atomic E-state index is 13.8. The van der Waals surface area contributed by atoms with Gasteiger partial charge in [-0.25, -0.2) is 0 Å². The largest absolute Gasteiger partial charge is 0.491 e. The highest BCUT2D eigenvalue weighted by Gasteiger charge is 2.33. The Hall–Kier alpha value is -4.08. The Balaban J connectivity index is 1.84. The van der Waals surface area contributed by atoms with Crippen molar-refractivity contribution in [2.75, 3.05) is 26.8 Å². The molecule has 4 amide bonds. The molecule has 252 valence electrons. The highest BCUT2D eigenvalue weighted by molar-refractivity contribution is 6.01. The molecular weight excluding hydrogens is 584 g/mol. The Morgan fingerprint density at radius 1 is 1.00 bits per heavy atom. The van der Waals surface area contributed by atoms with Gasteiger partial charge in [-0.15, -0.1) is 0 Å². The number of hydrogen-bond donors (Lipinski definition) is 3. The number of carbonyl (C=O) groups excluding carboxylic acids is 4. The summed E-state index contributed by atoms with van der Waals surface area (Å²) in [5, 5.41) is 8.40. The minimum absolute atomic E-state index is 0.122. The minimum atomic E-state index is -1.20. The van der Waals surface area contributed by atoms with Crippen LogP contribution in [0.15, 0.2) is 42.5 Å². The van der Waals surface area contributed by atoms with Crippen molar-refractivity contribution >= 4 is 23.6 Å². The first-order valence-electron chi connectivity index (χ1n) is 16.4. The number of rotatable bonds is 10. The zero-order chi connectivity index (χ0) is 34.0. The van der Waals surface area contributed by atoms with Gasteiger partial charge in [-0.1, -0.05) is 65.8 Å². The summed E-state index contributed by atoms with van der Waals surface area (Å²) >= 11 is 0. The van der Waals surface area contributed by atoms with Gasteiger partial charge in [0.25, 0.3) is 5.91 Å². The lowest BCUT2D eigenvalue weighted by molar-refractivity contribution is -0.138. The van der Waals surface area contributed by atoms with Crippen LogP contribution in [0.3, 0.4) is 0 Å². The van der Waals surface area contributed by atoms with Crippen LogP contribution in [-0.2, 0) is 14.4 Å². The predicted octanol–water partition coefficient (Wildman–Crippen LogP) is 4.60. The van der Waals surface area contributed by atoms with E-state index in [0.717, 1.165) is 16.9 Å². The Labute approximate surface area is 274 Å². The number of para-hydroxylation sites is 1. The Morgan fingerprint density at radius 3 is 2.37 bits per heavy atom. The summed E-state index contributed by atoms with van der Waals surface area (Å²) in [4.78, 5) is 55.8. The van der Waals surface area contributed by atoms with Gasteiger partial charge in [0.1, 0.15) is 36.8 Å². The lowest BCUT2D eigenvalue weighted by Gasteiger charge is -2.33. The topological polar surface area (TPSA) is 126 Å². The van der Waals surface area contributed by atoms with Crippen molar-refractivity contribution in [3.8, 4) is 11.5 Å². The molecule has 1 aliphatic heterocycles. The maximum Gasteiger partial charge on any atom is 0.255 e. The summed E-state index contributed by atoms with van der Waals surface area (Å²) in [6.07, 6.45) is 0.746. The summed E-state index contributed by atoms with van der Waals surface area (Å²) in [7, 11) is 1.72. The monoisotopic (exact) mass is 636 g/mol. The SMILES string of the molecule is Cc1ccc(C(C)C)c(OCCNC(=O)[C@@H]2CC(=O)N[C@@H](CC(C)C)C(=O)N(C)[C@@H](CC(C)C)COc3ccccc3C(=O)N2)c1. The van der Waals surface area contributed by atoms with E-state index in [9.17, 15) is 19.2 Å². The van der Waals surface area contributed by atoms with Crippen LogP contribution in [0.1, 0.15) is 88.2 Å². The number of likely N-dealkylation sites (N-methyl/N-ethyl adjacent to an activating group) is 1. The van der Waals surface area contributed by atoms with E-state index >= 15 is 0 Å². The zero-order valence-electron chi connectivity index (χ0n) is 28.6. The summed E-state index contributed by atoms with van der Waals surface area (Å²) in [6.45, 7) is 14.8. The number of fused-ring (bicyclic) bond motifs is 1. The second-order valence-electron chi connectivity index (χ2n) is 13.4. The molecular formula is C36H52N4O6. The van der Waals surface area contributed by atoms with Crippen LogP contribution in [0.4, 0.5) is 0 Å². The maximum absolute atomic E-state index is 13.8. The number of amides is 4. The first kappa shape index (κ1) is 36.4. The van der Waals surface area contributed by atoms with Crippen molar-refractivity contribution < 1.29 is 28.7 Å². The van der Waals surface area contributed by atoms with E-state index in [0.29, 0.717) is 18.6 Å². The van der Waals surface area contributed by atoms with Crippen molar-refractivity contribution in [3.05, 3.63) is 59.2 Å². The van der Waals surface area contributed by atoms with E-state index < -0.39 is 29.8 Å². The van der Waals surface area contributed by atoms with Gasteiger partial charge in [-0.2, -0.15) is 0 Å². The first-order valence-corrected chi connectivity index (χ1v) is 16.4. The molecule has 0 spiro atoms. The van der Waals surface area contributed by atoms with E-state index in [2.05, 4.69) is 43.6 Å². The van der Waals surface area contributed by atoms with E-state index in [-0.39, 0.29) is 61.4 Å². The predicted molar refractivity (Wildman–Crippen MR) is 179 cm³/mol. The molecule has 46 heavy (non-hydrogen) atoms. The normalized spacial score (nSPS) is 19.7. The summed E-state index contributed by atoms with van der Waals surface area (Å²) in [5.74, 6) is -0.0474. The van der Waals surface area contributed by atoms with E-state index in [1.807, 2.05) is 39.0 Å². The molecule has 0 aromatic heterocycles. The van der Waals surface area contributed by atoms with Crippen molar-refractivity contribution in [3.63, 3.8) is 0 Å². The van der Waals surface area contributed by atoms with Crippen LogP contribution in [0.5, 0.6) is 11.5 Å². The fourth-order valence-corrected chi connectivity index (χ4v) is 5.55. The van der Waals surface area contributed by atoms with Crippen LogP contribution in [0.2, 0.25) is 0 Å². The summed E-state index contributed by atoms with van der Waals surface area (Å²) in [5.41, 5.74) is 2.37. The first-order chi connectivity index (χ1) is 21.8. The van der Waals surface area contributed by atoms with Crippen molar-refractivity contribution in [2.24, 2.45) is 11.8 Å². The molecule has 0 radical (unpaired) electrons. The third kappa shape index (κ3) is 10.5. The number of aryl methyl sites for hydroxylation is 1. The molecule has 2 aromatic rings. The average molecular weight is 637 g/mol. The van der Waals surface area contributed by atoms with Gasteiger partial charge in [0.05, 0.1) is 24.6 Å². The Bertz CT molecular complexity index is 1360. The number of hydrogen-bond acceptors (Lipinski definition) is 6. The third-order valence-electron chi connectivity index (χ3n) is 8.00. The second-order valence-corrected chi connectivity index (χ2v) is 13.4. The lowest BCUT2D eigenvalue weighted by Crippen LogP contribution is -2.55. The van der Waals surface area contributed by atoms with Crippen LogP contribution in [0.25, 0.3) is 0 Å². The van der Waals surface area contributed by atoms with Gasteiger partial charge in [-0.3, -0.25) is 19.2 Å². The van der Waals surface area contributed by atoms with E-state index in [4.69, 9.17) is 9.47 Å². The zero-order valence-corrected chi connectivity index (χ0v) is 28.6. The highest BCUT2D eigenvalue weighted by atomic mass is 16.5. The van der Waals surface area contributed by atoms with E-state index in [1.165, 1.54) is 0 Å².